The van der Waals surface area contributed by atoms with Crippen molar-refractivity contribution < 1.29 is 37.4 Å². The van der Waals surface area contributed by atoms with Crippen molar-refractivity contribution in [1.29, 1.82) is 0 Å². The van der Waals surface area contributed by atoms with Crippen LogP contribution in [0.1, 0.15) is 39.9 Å². The highest BCUT2D eigenvalue weighted by molar-refractivity contribution is 7.89. The normalized spacial score (nSPS) is 16.7. The second-order valence-corrected chi connectivity index (χ2v) is 13.8. The number of nitrogens with one attached hydrogen (secondary N) is 3. The highest BCUT2D eigenvalue weighted by Gasteiger charge is 2.37. The van der Waals surface area contributed by atoms with Gasteiger partial charge in [0.1, 0.15) is 25.1 Å². The standard InChI is InChI=1S/C34H43N5O8S/c1-21-11-23(3)32(24(4)12-21)48(44,45)38-29(33(41)42)17-36-31(40)20-46-28-15-27(16-35-30-14-22(2)13-25(5)37-30)39(18-28)34(43)47-19-26-9-7-6-8-10-26/h6-14,27-29,38H,15-20H2,1-5H3,(H,35,37)(H,36,40)(H,41,42). The predicted octanol–water partition coefficient (Wildman–Crippen LogP) is 3.38. The lowest BCUT2D eigenvalue weighted by atomic mass is 10.1. The second-order valence-electron chi connectivity index (χ2n) is 12.1. The van der Waals surface area contributed by atoms with E-state index in [1.165, 1.54) is 0 Å². The zero-order valence-corrected chi connectivity index (χ0v) is 28.6. The van der Waals surface area contributed by atoms with Crippen LogP contribution in [0.25, 0.3) is 0 Å². The van der Waals surface area contributed by atoms with Gasteiger partial charge in [-0.2, -0.15) is 4.72 Å². The average Bonchev–Trinajstić information content (AvgIpc) is 3.42. The maximum atomic E-state index is 13.2. The predicted molar refractivity (Wildman–Crippen MR) is 179 cm³/mol. The number of aryl methyl sites for hydroxylation is 5. The first-order chi connectivity index (χ1) is 22.7. The van der Waals surface area contributed by atoms with E-state index < -0.39 is 53.3 Å². The van der Waals surface area contributed by atoms with Gasteiger partial charge < -0.3 is 30.1 Å². The van der Waals surface area contributed by atoms with E-state index in [1.807, 2.05) is 63.2 Å². The number of carbonyl (C=O) groups is 3. The fraction of sp³-hybridized carbons (Fsp3) is 0.412. The quantitative estimate of drug-likeness (QED) is 0.197. The molecule has 258 valence electrons. The van der Waals surface area contributed by atoms with Gasteiger partial charge in [-0.3, -0.25) is 9.59 Å². The van der Waals surface area contributed by atoms with E-state index >= 15 is 0 Å². The van der Waals surface area contributed by atoms with Gasteiger partial charge in [-0.25, -0.2) is 18.2 Å². The molecule has 2 amide bonds. The summed E-state index contributed by atoms with van der Waals surface area (Å²) in [6.07, 6.45) is -0.635. The number of hydrogen-bond donors (Lipinski definition) is 4. The molecule has 1 saturated heterocycles. The summed E-state index contributed by atoms with van der Waals surface area (Å²) < 4.78 is 39.8. The zero-order chi connectivity index (χ0) is 35.0. The van der Waals surface area contributed by atoms with E-state index in [1.54, 1.807) is 30.9 Å². The summed E-state index contributed by atoms with van der Waals surface area (Å²) in [7, 11) is -4.20. The Morgan fingerprint density at radius 1 is 1.00 bits per heavy atom. The minimum absolute atomic E-state index is 0.000508. The fourth-order valence-corrected chi connectivity index (χ4v) is 7.49. The van der Waals surface area contributed by atoms with Gasteiger partial charge in [-0.05, 0) is 75.4 Å². The van der Waals surface area contributed by atoms with Gasteiger partial charge in [0, 0.05) is 18.8 Å². The minimum atomic E-state index is -4.20. The number of carboxylic acid groups (broad SMARTS) is 1. The molecule has 4 N–H and O–H groups in total. The Morgan fingerprint density at radius 3 is 2.31 bits per heavy atom. The van der Waals surface area contributed by atoms with Crippen molar-refractivity contribution in [3.63, 3.8) is 0 Å². The van der Waals surface area contributed by atoms with Crippen LogP contribution in [-0.4, -0.2) is 85.8 Å². The molecule has 1 fully saturated rings. The number of anilines is 1. The molecule has 0 aliphatic carbocycles. The molecule has 3 atom stereocenters. The lowest BCUT2D eigenvalue weighted by molar-refractivity contribution is -0.139. The molecule has 2 aromatic carbocycles. The van der Waals surface area contributed by atoms with E-state index in [2.05, 4.69) is 20.3 Å². The molecular formula is C34H43N5O8S. The number of sulfonamides is 1. The van der Waals surface area contributed by atoms with Crippen LogP contribution in [0.5, 0.6) is 0 Å². The number of ether oxygens (including phenoxy) is 2. The number of aromatic nitrogens is 1. The third-order valence-corrected chi connectivity index (χ3v) is 9.63. The zero-order valence-electron chi connectivity index (χ0n) is 27.8. The lowest BCUT2D eigenvalue weighted by Gasteiger charge is -2.24. The summed E-state index contributed by atoms with van der Waals surface area (Å²) in [5, 5.41) is 15.4. The van der Waals surface area contributed by atoms with Gasteiger partial charge in [0.2, 0.25) is 15.9 Å². The first-order valence-corrected chi connectivity index (χ1v) is 17.1. The van der Waals surface area contributed by atoms with Crippen LogP contribution < -0.4 is 15.4 Å². The fourth-order valence-electron chi connectivity index (χ4n) is 5.84. The molecule has 3 aromatic rings. The van der Waals surface area contributed by atoms with Gasteiger partial charge in [-0.1, -0.05) is 48.0 Å². The molecule has 0 radical (unpaired) electrons. The summed E-state index contributed by atoms with van der Waals surface area (Å²) in [6.45, 7) is 8.68. The topological polar surface area (TPSA) is 176 Å². The smallest absolute Gasteiger partial charge is 0.410 e. The minimum Gasteiger partial charge on any atom is -0.480 e. The highest BCUT2D eigenvalue weighted by Crippen LogP contribution is 2.24. The largest absolute Gasteiger partial charge is 0.480 e. The number of benzene rings is 2. The Hall–Kier alpha value is -4.53. The van der Waals surface area contributed by atoms with Crippen molar-refractivity contribution in [2.45, 2.75) is 70.7 Å². The van der Waals surface area contributed by atoms with Crippen molar-refractivity contribution >= 4 is 33.8 Å². The van der Waals surface area contributed by atoms with Crippen LogP contribution in [0, 0.1) is 34.6 Å². The Morgan fingerprint density at radius 2 is 1.67 bits per heavy atom. The number of aliphatic carboxylic acids is 1. The Bertz CT molecular complexity index is 1690. The summed E-state index contributed by atoms with van der Waals surface area (Å²) >= 11 is 0. The molecular weight excluding hydrogens is 638 g/mol. The first-order valence-electron chi connectivity index (χ1n) is 15.6. The van der Waals surface area contributed by atoms with Crippen LogP contribution in [0.4, 0.5) is 10.6 Å². The van der Waals surface area contributed by atoms with Crippen LogP contribution in [-0.2, 0) is 35.7 Å². The maximum absolute atomic E-state index is 13.2. The second kappa shape index (κ2) is 16.0. The molecule has 1 aliphatic rings. The van der Waals surface area contributed by atoms with Crippen molar-refractivity contribution in [3.8, 4) is 0 Å². The third-order valence-electron chi connectivity index (χ3n) is 7.85. The van der Waals surface area contributed by atoms with Crippen LogP contribution in [0.2, 0.25) is 0 Å². The molecule has 2 heterocycles. The van der Waals surface area contributed by atoms with E-state index in [4.69, 9.17) is 9.47 Å². The van der Waals surface area contributed by atoms with Crippen molar-refractivity contribution in [2.75, 3.05) is 31.6 Å². The number of hydrogen-bond acceptors (Lipinski definition) is 9. The van der Waals surface area contributed by atoms with E-state index in [0.717, 1.165) is 22.4 Å². The van der Waals surface area contributed by atoms with Gasteiger partial charge in [-0.15, -0.1) is 0 Å². The Kier molecular flexibility index (Phi) is 12.1. The monoisotopic (exact) mass is 681 g/mol. The number of carbonyl (C=O) groups excluding carboxylic acids is 2. The summed E-state index contributed by atoms with van der Waals surface area (Å²) in [4.78, 5) is 43.9. The molecule has 0 spiro atoms. The Balaban J connectivity index is 1.34. The first kappa shape index (κ1) is 36.3. The van der Waals surface area contributed by atoms with Gasteiger partial charge >= 0.3 is 12.1 Å². The summed E-state index contributed by atoms with van der Waals surface area (Å²) in [5.41, 5.74) is 4.58. The maximum Gasteiger partial charge on any atom is 0.410 e. The van der Waals surface area contributed by atoms with Crippen molar-refractivity contribution in [2.24, 2.45) is 0 Å². The van der Waals surface area contributed by atoms with Crippen LogP contribution >= 0.6 is 0 Å². The van der Waals surface area contributed by atoms with Crippen LogP contribution in [0.3, 0.4) is 0 Å². The van der Waals surface area contributed by atoms with Gasteiger partial charge in [0.25, 0.3) is 0 Å². The lowest BCUT2D eigenvalue weighted by Crippen LogP contribution is -2.49. The number of carboxylic acids is 1. The summed E-state index contributed by atoms with van der Waals surface area (Å²) in [6, 6.07) is 14.6. The van der Waals surface area contributed by atoms with Crippen molar-refractivity contribution in [3.05, 3.63) is 88.1 Å². The number of pyridine rings is 1. The average molecular weight is 682 g/mol. The molecule has 14 heteroatoms. The Labute approximate surface area is 281 Å². The number of nitrogens with zero attached hydrogens (tertiary/aromatic N) is 2. The van der Waals surface area contributed by atoms with Crippen LogP contribution in [0.15, 0.2) is 59.5 Å². The molecule has 3 unspecified atom stereocenters. The molecule has 0 bridgehead atoms. The molecule has 1 aromatic heterocycles. The van der Waals surface area contributed by atoms with Crippen molar-refractivity contribution in [1.82, 2.24) is 19.9 Å². The SMILES string of the molecule is Cc1cc(C)nc(NCC2CC(OCC(=O)NCC(NS(=O)(=O)c3c(C)cc(C)cc3C)C(=O)O)CN2C(=O)OCc2ccccc2)c1. The number of amides is 2. The van der Waals surface area contributed by atoms with Gasteiger partial charge in [0.05, 0.1) is 23.6 Å². The molecule has 4 rings (SSSR count). The highest BCUT2D eigenvalue weighted by atomic mass is 32.2. The van der Waals surface area contributed by atoms with E-state index in [0.29, 0.717) is 29.9 Å². The third kappa shape index (κ3) is 9.99. The molecule has 48 heavy (non-hydrogen) atoms. The molecule has 13 nitrogen and oxygen atoms in total. The van der Waals surface area contributed by atoms with E-state index in [-0.39, 0.29) is 24.1 Å². The number of likely N-dealkylation sites (tertiary alicyclic amines) is 1. The van der Waals surface area contributed by atoms with Gasteiger partial charge in [0.15, 0.2) is 0 Å². The molecule has 0 saturated carbocycles. The summed E-state index contributed by atoms with van der Waals surface area (Å²) in [5.74, 6) is -1.41. The van der Waals surface area contributed by atoms with E-state index in [9.17, 15) is 27.9 Å². The molecule has 1 aliphatic heterocycles. The number of rotatable bonds is 14.